The molecular weight excluding hydrogens is 605 g/mol. The lowest BCUT2D eigenvalue weighted by molar-refractivity contribution is 1.18. The molecule has 0 aliphatic heterocycles. The molecule has 2 nitrogen and oxygen atoms in total. The summed E-state index contributed by atoms with van der Waals surface area (Å²) in [6.45, 7) is 0. The monoisotopic (exact) mass is 638 g/mol. The average Bonchev–Trinajstić information content (AvgIpc) is 3.54. The fourth-order valence-corrected chi connectivity index (χ4v) is 7.27. The van der Waals surface area contributed by atoms with E-state index >= 15 is 0 Å². The van der Waals surface area contributed by atoms with Crippen LogP contribution < -0.4 is 4.90 Å². The zero-order chi connectivity index (χ0) is 33.3. The van der Waals surface area contributed by atoms with Gasteiger partial charge in [0.2, 0.25) is 0 Å². The van der Waals surface area contributed by atoms with Gasteiger partial charge in [-0.2, -0.15) is 0 Å². The molecule has 1 heterocycles. The molecule has 0 N–H and O–H groups in total. The van der Waals surface area contributed by atoms with Gasteiger partial charge in [0, 0.05) is 33.5 Å². The van der Waals surface area contributed by atoms with E-state index in [4.69, 9.17) is 0 Å². The van der Waals surface area contributed by atoms with E-state index < -0.39 is 0 Å². The number of benzene rings is 8. The van der Waals surface area contributed by atoms with Gasteiger partial charge < -0.3 is 9.47 Å². The van der Waals surface area contributed by atoms with Crippen molar-refractivity contribution in [2.45, 2.75) is 0 Å². The topological polar surface area (TPSA) is 8.17 Å². The van der Waals surface area contributed by atoms with Crippen LogP contribution in [0, 0.1) is 0 Å². The molecule has 0 bridgehead atoms. The van der Waals surface area contributed by atoms with E-state index in [1.165, 1.54) is 55.2 Å². The van der Waals surface area contributed by atoms with Gasteiger partial charge >= 0.3 is 0 Å². The van der Waals surface area contributed by atoms with Gasteiger partial charge in [0.15, 0.2) is 0 Å². The van der Waals surface area contributed by atoms with Crippen LogP contribution in [0.4, 0.5) is 17.1 Å². The smallest absolute Gasteiger partial charge is 0.0547 e. The fraction of sp³-hybridized carbons (Fsp3) is 0. The molecule has 0 saturated heterocycles. The molecule has 0 aliphatic carbocycles. The molecular formula is C48H34N2. The number of para-hydroxylation sites is 2. The van der Waals surface area contributed by atoms with E-state index in [1.807, 2.05) is 0 Å². The normalized spacial score (nSPS) is 11.2. The summed E-state index contributed by atoms with van der Waals surface area (Å²) in [6.07, 6.45) is 0. The van der Waals surface area contributed by atoms with Gasteiger partial charge in [-0.25, -0.2) is 0 Å². The van der Waals surface area contributed by atoms with Crippen molar-refractivity contribution in [1.29, 1.82) is 0 Å². The highest BCUT2D eigenvalue weighted by atomic mass is 15.1. The second kappa shape index (κ2) is 12.8. The zero-order valence-electron chi connectivity index (χ0n) is 27.5. The second-order valence-corrected chi connectivity index (χ2v) is 12.6. The molecule has 9 rings (SSSR count). The lowest BCUT2D eigenvalue weighted by Gasteiger charge is -2.26. The summed E-state index contributed by atoms with van der Waals surface area (Å²) in [7, 11) is 0. The van der Waals surface area contributed by atoms with Crippen molar-refractivity contribution in [2.75, 3.05) is 4.90 Å². The van der Waals surface area contributed by atoms with Crippen LogP contribution in [0.25, 0.3) is 60.9 Å². The van der Waals surface area contributed by atoms with Crippen molar-refractivity contribution in [3.8, 4) is 39.1 Å². The molecule has 236 valence electrons. The number of hydrogen-bond donors (Lipinski definition) is 0. The van der Waals surface area contributed by atoms with Crippen molar-refractivity contribution in [3.05, 3.63) is 206 Å². The predicted octanol–water partition coefficient (Wildman–Crippen LogP) is 13.3. The summed E-state index contributed by atoms with van der Waals surface area (Å²) in [5.74, 6) is 0. The Balaban J connectivity index is 1.29. The third kappa shape index (κ3) is 5.34. The highest BCUT2D eigenvalue weighted by Crippen LogP contribution is 2.43. The minimum atomic E-state index is 1.11. The standard InChI is InChI=1S/C48H34N2/c1-5-16-35(17-6-1)37-20-13-22-39(32-37)44-28-15-29-47-48(44)45-34-43(30-31-46(45)50(47)41-25-11-4-12-26-41)49(40-23-9-3-10-24-40)42-27-14-21-38(33-42)36-18-7-2-8-19-36/h1-34H. The van der Waals surface area contributed by atoms with Crippen LogP contribution >= 0.6 is 0 Å². The van der Waals surface area contributed by atoms with Crippen molar-refractivity contribution >= 4 is 38.9 Å². The summed E-state index contributed by atoms with van der Waals surface area (Å²) < 4.78 is 2.40. The maximum atomic E-state index is 2.40. The molecule has 0 fully saturated rings. The van der Waals surface area contributed by atoms with Gasteiger partial charge in [-0.15, -0.1) is 0 Å². The minimum absolute atomic E-state index is 1.11. The first-order chi connectivity index (χ1) is 24.8. The molecule has 0 aliphatic rings. The van der Waals surface area contributed by atoms with Crippen molar-refractivity contribution in [2.24, 2.45) is 0 Å². The fourth-order valence-electron chi connectivity index (χ4n) is 7.27. The third-order valence-electron chi connectivity index (χ3n) is 9.55. The van der Waals surface area contributed by atoms with Crippen molar-refractivity contribution in [3.63, 3.8) is 0 Å². The minimum Gasteiger partial charge on any atom is -0.310 e. The molecule has 2 heteroatoms. The van der Waals surface area contributed by atoms with E-state index in [0.29, 0.717) is 0 Å². The van der Waals surface area contributed by atoms with Crippen LogP contribution in [-0.4, -0.2) is 4.57 Å². The molecule has 0 atom stereocenters. The molecule has 1 aromatic heterocycles. The highest BCUT2D eigenvalue weighted by molar-refractivity contribution is 6.17. The van der Waals surface area contributed by atoms with Gasteiger partial charge in [-0.1, -0.05) is 140 Å². The van der Waals surface area contributed by atoms with E-state index in [-0.39, 0.29) is 0 Å². The Hall–Kier alpha value is -6.64. The molecule has 0 radical (unpaired) electrons. The largest absolute Gasteiger partial charge is 0.310 e. The third-order valence-corrected chi connectivity index (χ3v) is 9.55. The Morgan fingerprint density at radius 3 is 1.54 bits per heavy atom. The quantitative estimate of drug-likeness (QED) is 0.169. The number of fused-ring (bicyclic) bond motifs is 3. The molecule has 8 aromatic carbocycles. The summed E-state index contributed by atoms with van der Waals surface area (Å²) in [4.78, 5) is 2.37. The van der Waals surface area contributed by atoms with Gasteiger partial charge in [0.05, 0.1) is 11.0 Å². The average molecular weight is 639 g/mol. The predicted molar refractivity (Wildman–Crippen MR) is 212 cm³/mol. The summed E-state index contributed by atoms with van der Waals surface area (Å²) >= 11 is 0. The van der Waals surface area contributed by atoms with Gasteiger partial charge in [0.1, 0.15) is 0 Å². The first kappa shape index (κ1) is 29.5. The zero-order valence-corrected chi connectivity index (χ0v) is 27.5. The number of hydrogen-bond acceptors (Lipinski definition) is 1. The Kier molecular flexibility index (Phi) is 7.53. The van der Waals surface area contributed by atoms with Crippen LogP contribution in [0.15, 0.2) is 206 Å². The first-order valence-corrected chi connectivity index (χ1v) is 17.1. The van der Waals surface area contributed by atoms with Crippen LogP contribution in [-0.2, 0) is 0 Å². The van der Waals surface area contributed by atoms with Crippen LogP contribution in [0.1, 0.15) is 0 Å². The molecule has 0 amide bonds. The number of anilines is 3. The van der Waals surface area contributed by atoms with E-state index in [1.54, 1.807) is 0 Å². The summed E-state index contributed by atoms with van der Waals surface area (Å²) in [5.41, 5.74) is 14.1. The van der Waals surface area contributed by atoms with Crippen molar-refractivity contribution in [1.82, 2.24) is 4.57 Å². The molecule has 0 unspecified atom stereocenters. The number of rotatable bonds is 7. The van der Waals surface area contributed by atoms with E-state index in [2.05, 4.69) is 216 Å². The van der Waals surface area contributed by atoms with Crippen molar-refractivity contribution < 1.29 is 0 Å². The van der Waals surface area contributed by atoms with Crippen LogP contribution in [0.3, 0.4) is 0 Å². The highest BCUT2D eigenvalue weighted by Gasteiger charge is 2.20. The number of aromatic nitrogens is 1. The summed E-state index contributed by atoms with van der Waals surface area (Å²) in [5, 5.41) is 2.45. The molecule has 0 spiro atoms. The molecule has 9 aromatic rings. The maximum absolute atomic E-state index is 2.40. The second-order valence-electron chi connectivity index (χ2n) is 12.6. The molecule has 50 heavy (non-hydrogen) atoms. The Morgan fingerprint density at radius 2 is 0.840 bits per heavy atom. The van der Waals surface area contributed by atoms with Gasteiger partial charge in [-0.05, 0) is 100 Å². The van der Waals surface area contributed by atoms with Crippen LogP contribution in [0.2, 0.25) is 0 Å². The van der Waals surface area contributed by atoms with Gasteiger partial charge in [-0.3, -0.25) is 0 Å². The molecule has 0 saturated carbocycles. The maximum Gasteiger partial charge on any atom is 0.0547 e. The van der Waals surface area contributed by atoms with Crippen LogP contribution in [0.5, 0.6) is 0 Å². The first-order valence-electron chi connectivity index (χ1n) is 17.1. The summed E-state index contributed by atoms with van der Waals surface area (Å²) in [6, 6.07) is 74.1. The number of nitrogens with zero attached hydrogens (tertiary/aromatic N) is 2. The van der Waals surface area contributed by atoms with E-state index in [0.717, 1.165) is 22.7 Å². The lowest BCUT2D eigenvalue weighted by Crippen LogP contribution is -2.09. The van der Waals surface area contributed by atoms with E-state index in [9.17, 15) is 0 Å². The lowest BCUT2D eigenvalue weighted by atomic mass is 9.95. The van der Waals surface area contributed by atoms with Gasteiger partial charge in [0.25, 0.3) is 0 Å². The Bertz CT molecular complexity index is 2570. The Morgan fingerprint density at radius 1 is 0.320 bits per heavy atom. The Labute approximate surface area is 292 Å². The SMILES string of the molecule is c1ccc(-c2cccc(-c3cccc4c3c3cc(N(c5ccccc5)c5cccc(-c6ccccc6)c5)ccc3n4-c3ccccc3)c2)cc1.